The Labute approximate surface area is 140 Å². The lowest BCUT2D eigenvalue weighted by molar-refractivity contribution is -0.111. The summed E-state index contributed by atoms with van der Waals surface area (Å²) >= 11 is 0. The molecule has 0 aliphatic rings. The van der Waals surface area contributed by atoms with E-state index in [1.807, 2.05) is 13.8 Å². The van der Waals surface area contributed by atoms with Gasteiger partial charge in [0, 0.05) is 17.7 Å². The van der Waals surface area contributed by atoms with E-state index < -0.39 is 0 Å². The monoisotopic (exact) mass is 329 g/mol. The fourth-order valence-electron chi connectivity index (χ4n) is 2.09. The zero-order valence-electron chi connectivity index (χ0n) is 13.7. The van der Waals surface area contributed by atoms with Gasteiger partial charge in [-0.1, -0.05) is 18.2 Å². The third-order valence-electron chi connectivity index (χ3n) is 3.14. The zero-order valence-corrected chi connectivity index (χ0v) is 13.7. The van der Waals surface area contributed by atoms with E-state index in [0.717, 1.165) is 0 Å². The zero-order chi connectivity index (χ0) is 17.4. The van der Waals surface area contributed by atoms with E-state index in [2.05, 4.69) is 5.32 Å². The maximum atomic E-state index is 13.5. The summed E-state index contributed by atoms with van der Waals surface area (Å²) < 4.78 is 24.5. The highest BCUT2D eigenvalue weighted by atomic mass is 19.1. The molecule has 5 heteroatoms. The summed E-state index contributed by atoms with van der Waals surface area (Å²) in [6.07, 6.45) is 2.71. The first kappa shape index (κ1) is 17.5. The Morgan fingerprint density at radius 3 is 2.58 bits per heavy atom. The summed E-state index contributed by atoms with van der Waals surface area (Å²) in [6.45, 7) is 4.74. The van der Waals surface area contributed by atoms with Crippen LogP contribution < -0.4 is 14.8 Å². The number of rotatable bonds is 7. The van der Waals surface area contributed by atoms with E-state index >= 15 is 0 Å². The normalized spacial score (nSPS) is 10.6. The fraction of sp³-hybridized carbons (Fsp3) is 0.211. The van der Waals surface area contributed by atoms with Crippen LogP contribution >= 0.6 is 0 Å². The lowest BCUT2D eigenvalue weighted by atomic mass is 10.2. The lowest BCUT2D eigenvalue weighted by Crippen LogP contribution is -2.10. The minimum atomic E-state index is -0.382. The third-order valence-corrected chi connectivity index (χ3v) is 3.14. The summed E-state index contributed by atoms with van der Waals surface area (Å²) in [4.78, 5) is 12.1. The Kier molecular flexibility index (Phi) is 6.37. The van der Waals surface area contributed by atoms with Crippen LogP contribution in [0.4, 0.5) is 10.1 Å². The van der Waals surface area contributed by atoms with E-state index in [1.165, 1.54) is 18.2 Å². The molecule has 0 fully saturated rings. The first-order valence-corrected chi connectivity index (χ1v) is 7.77. The fourth-order valence-corrected chi connectivity index (χ4v) is 2.09. The Morgan fingerprint density at radius 1 is 1.12 bits per heavy atom. The number of ether oxygens (including phenoxy) is 2. The van der Waals surface area contributed by atoms with Gasteiger partial charge in [-0.3, -0.25) is 4.79 Å². The molecule has 24 heavy (non-hydrogen) atoms. The number of halogens is 1. The van der Waals surface area contributed by atoms with Crippen LogP contribution in [0.1, 0.15) is 19.4 Å². The molecule has 0 unspecified atom stereocenters. The van der Waals surface area contributed by atoms with Crippen LogP contribution in [0.2, 0.25) is 0 Å². The predicted molar refractivity (Wildman–Crippen MR) is 92.8 cm³/mol. The molecule has 0 heterocycles. The predicted octanol–water partition coefficient (Wildman–Crippen LogP) is 4.28. The van der Waals surface area contributed by atoms with Gasteiger partial charge in [-0.2, -0.15) is 0 Å². The van der Waals surface area contributed by atoms with Crippen LogP contribution in [0.25, 0.3) is 6.08 Å². The number of carbonyl (C=O) groups is 1. The van der Waals surface area contributed by atoms with Crippen molar-refractivity contribution >= 4 is 17.7 Å². The Bertz CT molecular complexity index is 728. The molecule has 0 aromatic heterocycles. The Morgan fingerprint density at radius 2 is 1.88 bits per heavy atom. The number of amides is 1. The molecule has 0 radical (unpaired) electrons. The van der Waals surface area contributed by atoms with Gasteiger partial charge in [0.25, 0.3) is 0 Å². The smallest absolute Gasteiger partial charge is 0.248 e. The van der Waals surface area contributed by atoms with E-state index in [9.17, 15) is 9.18 Å². The first-order valence-electron chi connectivity index (χ1n) is 7.77. The molecule has 1 amide bonds. The van der Waals surface area contributed by atoms with Crippen molar-refractivity contribution in [2.75, 3.05) is 18.5 Å². The van der Waals surface area contributed by atoms with E-state index in [1.54, 1.807) is 36.4 Å². The van der Waals surface area contributed by atoms with Gasteiger partial charge in [-0.25, -0.2) is 4.39 Å². The molecule has 2 rings (SSSR count). The summed E-state index contributed by atoms with van der Waals surface area (Å²) in [5, 5.41) is 2.73. The molecule has 0 spiro atoms. The van der Waals surface area contributed by atoms with Crippen LogP contribution in [0.3, 0.4) is 0 Å². The minimum Gasteiger partial charge on any atom is -0.494 e. The van der Waals surface area contributed by atoms with E-state index in [0.29, 0.717) is 36.0 Å². The first-order chi connectivity index (χ1) is 11.6. The summed E-state index contributed by atoms with van der Waals surface area (Å²) in [5.41, 5.74) is 0.853. The maximum Gasteiger partial charge on any atom is 0.248 e. The molecule has 0 saturated heterocycles. The summed E-state index contributed by atoms with van der Waals surface area (Å²) in [6, 6.07) is 11.5. The van der Waals surface area contributed by atoms with Crippen molar-refractivity contribution in [3.63, 3.8) is 0 Å². The second-order valence-corrected chi connectivity index (χ2v) is 4.87. The Hall–Kier alpha value is -2.82. The highest BCUT2D eigenvalue weighted by molar-refractivity contribution is 6.02. The average molecular weight is 329 g/mol. The van der Waals surface area contributed by atoms with Crippen molar-refractivity contribution in [2.24, 2.45) is 0 Å². The van der Waals surface area contributed by atoms with Gasteiger partial charge < -0.3 is 14.8 Å². The molecule has 4 nitrogen and oxygen atoms in total. The van der Waals surface area contributed by atoms with Gasteiger partial charge >= 0.3 is 0 Å². The largest absolute Gasteiger partial charge is 0.494 e. The molecule has 2 aromatic rings. The third kappa shape index (κ3) is 4.84. The number of carbonyl (C=O) groups excluding carboxylic acids is 1. The molecular formula is C19H20FNO3. The molecule has 2 aromatic carbocycles. The number of hydrogen-bond donors (Lipinski definition) is 1. The molecule has 126 valence electrons. The van der Waals surface area contributed by atoms with Crippen LogP contribution in [0, 0.1) is 5.82 Å². The number of hydrogen-bond acceptors (Lipinski definition) is 3. The van der Waals surface area contributed by atoms with Gasteiger partial charge in [0.2, 0.25) is 5.91 Å². The molecule has 0 aliphatic carbocycles. The van der Waals surface area contributed by atoms with Gasteiger partial charge in [-0.15, -0.1) is 0 Å². The SMILES string of the molecule is CCOc1ccc(OCC)c(NC(=O)/C=C/c2ccccc2F)c1. The van der Waals surface area contributed by atoms with Crippen LogP contribution in [-0.2, 0) is 4.79 Å². The van der Waals surface area contributed by atoms with Crippen molar-refractivity contribution in [1.29, 1.82) is 0 Å². The molecule has 0 atom stereocenters. The van der Waals surface area contributed by atoms with Gasteiger partial charge in [0.1, 0.15) is 17.3 Å². The molecule has 0 bridgehead atoms. The van der Waals surface area contributed by atoms with Crippen LogP contribution in [0.15, 0.2) is 48.5 Å². The number of benzene rings is 2. The summed E-state index contributed by atoms with van der Waals surface area (Å²) in [5.74, 6) is 0.422. The maximum absolute atomic E-state index is 13.5. The Balaban J connectivity index is 2.14. The van der Waals surface area contributed by atoms with Crippen molar-refractivity contribution in [2.45, 2.75) is 13.8 Å². The van der Waals surface area contributed by atoms with Crippen molar-refractivity contribution in [3.05, 3.63) is 59.9 Å². The van der Waals surface area contributed by atoms with Gasteiger partial charge in [-0.05, 0) is 38.1 Å². The molecule has 1 N–H and O–H groups in total. The molecular weight excluding hydrogens is 309 g/mol. The molecule has 0 saturated carbocycles. The van der Waals surface area contributed by atoms with Crippen molar-refractivity contribution in [1.82, 2.24) is 0 Å². The standard InChI is InChI=1S/C19H20FNO3/c1-3-23-15-10-11-18(24-4-2)17(13-15)21-19(22)12-9-14-7-5-6-8-16(14)20/h5-13H,3-4H2,1-2H3,(H,21,22)/b12-9+. The summed E-state index contributed by atoms with van der Waals surface area (Å²) in [7, 11) is 0. The quantitative estimate of drug-likeness (QED) is 0.772. The lowest BCUT2D eigenvalue weighted by Gasteiger charge is -2.12. The highest BCUT2D eigenvalue weighted by Gasteiger charge is 2.08. The van der Waals surface area contributed by atoms with Crippen molar-refractivity contribution in [3.8, 4) is 11.5 Å². The van der Waals surface area contributed by atoms with E-state index in [-0.39, 0.29) is 11.7 Å². The number of nitrogens with one attached hydrogen (secondary N) is 1. The second-order valence-electron chi connectivity index (χ2n) is 4.87. The van der Waals surface area contributed by atoms with Gasteiger partial charge in [0.05, 0.1) is 18.9 Å². The minimum absolute atomic E-state index is 0.348. The molecule has 0 aliphatic heterocycles. The van der Waals surface area contributed by atoms with Crippen molar-refractivity contribution < 1.29 is 18.7 Å². The second kappa shape index (κ2) is 8.72. The highest BCUT2D eigenvalue weighted by Crippen LogP contribution is 2.29. The van der Waals surface area contributed by atoms with Crippen LogP contribution in [0.5, 0.6) is 11.5 Å². The number of anilines is 1. The van der Waals surface area contributed by atoms with Crippen LogP contribution in [-0.4, -0.2) is 19.1 Å². The van der Waals surface area contributed by atoms with E-state index in [4.69, 9.17) is 9.47 Å². The average Bonchev–Trinajstić information content (AvgIpc) is 2.57. The van der Waals surface area contributed by atoms with Gasteiger partial charge in [0.15, 0.2) is 0 Å². The topological polar surface area (TPSA) is 47.6 Å².